The molecule has 0 radical (unpaired) electrons. The molecule has 1 spiro atoms. The quantitative estimate of drug-likeness (QED) is 0.922. The van der Waals surface area contributed by atoms with Crippen LogP contribution >= 0.6 is 0 Å². The summed E-state index contributed by atoms with van der Waals surface area (Å²) in [6, 6.07) is 1.70. The van der Waals surface area contributed by atoms with Crippen LogP contribution in [-0.4, -0.2) is 40.1 Å². The van der Waals surface area contributed by atoms with Crippen molar-refractivity contribution >= 4 is 11.9 Å². The largest absolute Gasteiger partial charge is 0.481 e. The zero-order chi connectivity index (χ0) is 15.2. The molecule has 114 valence electrons. The summed E-state index contributed by atoms with van der Waals surface area (Å²) < 4.78 is 5.16. The van der Waals surface area contributed by atoms with Crippen molar-refractivity contribution in [3.63, 3.8) is 0 Å². The molecule has 3 rings (SSSR count). The topological polar surface area (TPSA) is 83.6 Å². The molecule has 2 fully saturated rings. The number of carboxylic acids is 1. The second-order valence-corrected chi connectivity index (χ2v) is 6.52. The van der Waals surface area contributed by atoms with Gasteiger partial charge in [-0.2, -0.15) is 0 Å². The highest BCUT2D eigenvalue weighted by Crippen LogP contribution is 2.59. The van der Waals surface area contributed by atoms with Crippen molar-refractivity contribution in [1.29, 1.82) is 0 Å². The highest BCUT2D eigenvalue weighted by atomic mass is 16.5. The van der Waals surface area contributed by atoms with Crippen molar-refractivity contribution < 1.29 is 19.2 Å². The van der Waals surface area contributed by atoms with Crippen molar-refractivity contribution in [3.8, 4) is 0 Å². The van der Waals surface area contributed by atoms with Crippen LogP contribution in [0.2, 0.25) is 0 Å². The molecule has 1 aromatic heterocycles. The first kappa shape index (κ1) is 14.1. The molecule has 1 N–H and O–H groups in total. The number of carbonyl (C=O) groups is 2. The lowest BCUT2D eigenvalue weighted by Gasteiger charge is -2.32. The van der Waals surface area contributed by atoms with Crippen LogP contribution in [0.1, 0.15) is 55.3 Å². The third kappa shape index (κ3) is 2.43. The normalized spacial score (nSPS) is 23.6. The van der Waals surface area contributed by atoms with E-state index in [-0.39, 0.29) is 23.2 Å². The highest BCUT2D eigenvalue weighted by molar-refractivity contribution is 5.92. The maximum absolute atomic E-state index is 12.4. The second kappa shape index (κ2) is 4.86. The molecule has 6 heteroatoms. The first-order valence-corrected chi connectivity index (χ1v) is 7.42. The molecule has 0 bridgehead atoms. The molecule has 1 aliphatic heterocycles. The van der Waals surface area contributed by atoms with Crippen LogP contribution in [0.3, 0.4) is 0 Å². The van der Waals surface area contributed by atoms with Gasteiger partial charge in [-0.25, -0.2) is 0 Å². The summed E-state index contributed by atoms with van der Waals surface area (Å²) >= 11 is 0. The number of carboxylic acid groups (broad SMARTS) is 1. The van der Waals surface area contributed by atoms with E-state index in [1.807, 2.05) is 13.8 Å². The van der Waals surface area contributed by atoms with E-state index < -0.39 is 5.97 Å². The molecule has 6 nitrogen and oxygen atoms in total. The third-order valence-corrected chi connectivity index (χ3v) is 4.85. The van der Waals surface area contributed by atoms with Gasteiger partial charge in [0.05, 0.1) is 5.92 Å². The van der Waals surface area contributed by atoms with Gasteiger partial charge in [-0.3, -0.25) is 9.59 Å². The van der Waals surface area contributed by atoms with Gasteiger partial charge >= 0.3 is 5.97 Å². The molecular weight excluding hydrogens is 272 g/mol. The van der Waals surface area contributed by atoms with Gasteiger partial charge in [-0.1, -0.05) is 19.0 Å². The molecule has 1 atom stereocenters. The van der Waals surface area contributed by atoms with Crippen LogP contribution in [0.5, 0.6) is 0 Å². The third-order valence-electron chi connectivity index (χ3n) is 4.85. The first-order valence-electron chi connectivity index (χ1n) is 7.42. The SMILES string of the molecule is CC(C)c1cc(C(=O)N2CCC3(CC2)CC3C(=O)O)no1. The number of rotatable bonds is 3. The predicted octanol–water partition coefficient (Wildman–Crippen LogP) is 2.12. The van der Waals surface area contributed by atoms with E-state index in [0.29, 0.717) is 24.5 Å². The summed E-state index contributed by atoms with van der Waals surface area (Å²) in [6.07, 6.45) is 2.29. The average Bonchev–Trinajstić information content (AvgIpc) is 2.94. The lowest BCUT2D eigenvalue weighted by molar-refractivity contribution is -0.139. The minimum atomic E-state index is -0.701. The van der Waals surface area contributed by atoms with Gasteiger partial charge in [-0.05, 0) is 24.7 Å². The van der Waals surface area contributed by atoms with Gasteiger partial charge < -0.3 is 14.5 Å². The summed E-state index contributed by atoms with van der Waals surface area (Å²) in [5, 5.41) is 12.9. The fraction of sp³-hybridized carbons (Fsp3) is 0.667. The van der Waals surface area contributed by atoms with Gasteiger partial charge in [0.2, 0.25) is 0 Å². The minimum absolute atomic E-state index is 0.0600. The Kier molecular flexibility index (Phi) is 3.26. The van der Waals surface area contributed by atoms with Crippen LogP contribution in [0.25, 0.3) is 0 Å². The Hall–Kier alpha value is -1.85. The van der Waals surface area contributed by atoms with E-state index >= 15 is 0 Å². The zero-order valence-corrected chi connectivity index (χ0v) is 12.3. The summed E-state index contributed by atoms with van der Waals surface area (Å²) in [6.45, 7) is 5.18. The van der Waals surface area contributed by atoms with Gasteiger partial charge in [-0.15, -0.1) is 0 Å². The number of hydrogen-bond acceptors (Lipinski definition) is 4. The standard InChI is InChI=1S/C15H20N2O4/c1-9(2)12-7-11(16-21-12)13(18)17-5-3-15(4-6-17)8-10(15)14(19)20/h7,9-10H,3-6,8H2,1-2H3,(H,19,20). The molecule has 1 aromatic rings. The van der Waals surface area contributed by atoms with Crippen molar-refractivity contribution in [1.82, 2.24) is 10.1 Å². The maximum Gasteiger partial charge on any atom is 0.307 e. The van der Waals surface area contributed by atoms with E-state index in [4.69, 9.17) is 9.63 Å². The van der Waals surface area contributed by atoms with Crippen LogP contribution in [0.15, 0.2) is 10.6 Å². The molecule has 0 aromatic carbocycles. The molecule has 2 heterocycles. The molecule has 1 saturated heterocycles. The van der Waals surface area contributed by atoms with Crippen molar-refractivity contribution in [2.45, 2.75) is 39.0 Å². The number of likely N-dealkylation sites (tertiary alicyclic amines) is 1. The van der Waals surface area contributed by atoms with E-state index in [0.717, 1.165) is 19.3 Å². The summed E-state index contributed by atoms with van der Waals surface area (Å²) in [7, 11) is 0. The number of amides is 1. The smallest absolute Gasteiger partial charge is 0.307 e. The molecule has 1 unspecified atom stereocenters. The number of hydrogen-bond donors (Lipinski definition) is 1. The van der Waals surface area contributed by atoms with Gasteiger partial charge in [0.15, 0.2) is 5.69 Å². The summed E-state index contributed by atoms with van der Waals surface area (Å²) in [5.41, 5.74) is 0.287. The molecule has 1 saturated carbocycles. The fourth-order valence-corrected chi connectivity index (χ4v) is 3.23. The Labute approximate surface area is 123 Å². The molecule has 2 aliphatic rings. The Morgan fingerprint density at radius 2 is 2.10 bits per heavy atom. The molecule has 1 amide bonds. The van der Waals surface area contributed by atoms with Crippen LogP contribution in [0.4, 0.5) is 0 Å². The Bertz CT molecular complexity index is 570. The van der Waals surface area contributed by atoms with E-state index in [9.17, 15) is 9.59 Å². The van der Waals surface area contributed by atoms with Crippen LogP contribution in [-0.2, 0) is 4.79 Å². The van der Waals surface area contributed by atoms with Gasteiger partial charge in [0, 0.05) is 25.1 Å². The fourth-order valence-electron chi connectivity index (χ4n) is 3.23. The second-order valence-electron chi connectivity index (χ2n) is 6.52. The maximum atomic E-state index is 12.4. The van der Waals surface area contributed by atoms with Gasteiger partial charge in [0.25, 0.3) is 5.91 Å². The number of aromatic nitrogens is 1. The summed E-state index contributed by atoms with van der Waals surface area (Å²) in [5.74, 6) is -0.123. The molecular formula is C15H20N2O4. The molecule has 21 heavy (non-hydrogen) atoms. The van der Waals surface area contributed by atoms with E-state index in [1.54, 1.807) is 11.0 Å². The van der Waals surface area contributed by atoms with Crippen LogP contribution < -0.4 is 0 Å². The monoisotopic (exact) mass is 292 g/mol. The van der Waals surface area contributed by atoms with Crippen molar-refractivity contribution in [3.05, 3.63) is 17.5 Å². The molecule has 1 aliphatic carbocycles. The van der Waals surface area contributed by atoms with Gasteiger partial charge in [0.1, 0.15) is 5.76 Å². The number of aliphatic carboxylic acids is 1. The van der Waals surface area contributed by atoms with Crippen molar-refractivity contribution in [2.75, 3.05) is 13.1 Å². The number of piperidine rings is 1. The Morgan fingerprint density at radius 3 is 2.57 bits per heavy atom. The highest BCUT2D eigenvalue weighted by Gasteiger charge is 2.59. The van der Waals surface area contributed by atoms with E-state index in [2.05, 4.69) is 5.16 Å². The van der Waals surface area contributed by atoms with Crippen LogP contribution in [0, 0.1) is 11.3 Å². The number of nitrogens with zero attached hydrogens (tertiary/aromatic N) is 2. The number of carbonyl (C=O) groups excluding carboxylic acids is 1. The minimum Gasteiger partial charge on any atom is -0.481 e. The van der Waals surface area contributed by atoms with Crippen molar-refractivity contribution in [2.24, 2.45) is 11.3 Å². The predicted molar refractivity (Wildman–Crippen MR) is 73.9 cm³/mol. The zero-order valence-electron chi connectivity index (χ0n) is 12.3. The Balaban J connectivity index is 1.61. The lowest BCUT2D eigenvalue weighted by Crippen LogP contribution is -2.40. The first-order chi connectivity index (χ1) is 9.93. The average molecular weight is 292 g/mol. The Morgan fingerprint density at radius 1 is 1.43 bits per heavy atom. The lowest BCUT2D eigenvalue weighted by atomic mass is 9.90. The summed E-state index contributed by atoms with van der Waals surface area (Å²) in [4.78, 5) is 25.2. The van der Waals surface area contributed by atoms with E-state index in [1.165, 1.54) is 0 Å².